The van der Waals surface area contributed by atoms with E-state index in [-0.39, 0.29) is 35.9 Å². The molecular weight excluding hydrogens is 366 g/mol. The molecule has 2 aromatic rings. The zero-order valence-corrected chi connectivity index (χ0v) is 17.0. The molecule has 3 aliphatic heterocycles. The molecule has 4 heterocycles. The van der Waals surface area contributed by atoms with Crippen molar-refractivity contribution < 1.29 is 9.59 Å². The van der Waals surface area contributed by atoms with Gasteiger partial charge in [0.1, 0.15) is 0 Å². The van der Waals surface area contributed by atoms with Gasteiger partial charge in [0, 0.05) is 30.7 Å². The standard InChI is InChI=1S/C22H27N5O2/c1-14-3-4-17(9-15(14)2)25-13-16(10-21(25)28)22(29)26-18-5-6-19(26)12-20(11-18)27-23-7-8-24-27/h3-4,7-9,16,18-20H,5-6,10-13H2,1-2H3. The predicted molar refractivity (Wildman–Crippen MR) is 108 cm³/mol. The molecule has 29 heavy (non-hydrogen) atoms. The Kier molecular flexibility index (Phi) is 4.41. The van der Waals surface area contributed by atoms with Crippen molar-refractivity contribution in [3.8, 4) is 0 Å². The number of benzene rings is 1. The van der Waals surface area contributed by atoms with E-state index in [9.17, 15) is 9.59 Å². The number of fused-ring (bicyclic) bond motifs is 2. The fourth-order valence-electron chi connectivity index (χ4n) is 5.34. The number of hydrogen-bond acceptors (Lipinski definition) is 4. The lowest BCUT2D eigenvalue weighted by atomic mass is 9.95. The van der Waals surface area contributed by atoms with E-state index in [0.717, 1.165) is 36.9 Å². The van der Waals surface area contributed by atoms with Gasteiger partial charge in [0.25, 0.3) is 0 Å². The first-order valence-electron chi connectivity index (χ1n) is 10.6. The van der Waals surface area contributed by atoms with E-state index < -0.39 is 0 Å². The maximum atomic E-state index is 13.4. The van der Waals surface area contributed by atoms with Crippen molar-refractivity contribution in [3.63, 3.8) is 0 Å². The molecule has 3 unspecified atom stereocenters. The van der Waals surface area contributed by atoms with E-state index >= 15 is 0 Å². The van der Waals surface area contributed by atoms with E-state index in [4.69, 9.17) is 0 Å². The maximum absolute atomic E-state index is 13.4. The topological polar surface area (TPSA) is 71.3 Å². The van der Waals surface area contributed by atoms with Gasteiger partial charge < -0.3 is 9.80 Å². The van der Waals surface area contributed by atoms with E-state index in [0.29, 0.717) is 13.0 Å². The first-order valence-corrected chi connectivity index (χ1v) is 10.6. The molecule has 3 atom stereocenters. The normalized spacial score (nSPS) is 29.0. The third-order valence-corrected chi connectivity index (χ3v) is 7.00. The van der Waals surface area contributed by atoms with Gasteiger partial charge >= 0.3 is 0 Å². The first-order chi connectivity index (χ1) is 14.0. The summed E-state index contributed by atoms with van der Waals surface area (Å²) in [4.78, 5) is 31.8. The minimum Gasteiger partial charge on any atom is -0.336 e. The van der Waals surface area contributed by atoms with Gasteiger partial charge in [-0.05, 0) is 62.8 Å². The van der Waals surface area contributed by atoms with Crippen LogP contribution in [0.1, 0.15) is 49.3 Å². The number of carbonyl (C=O) groups excluding carboxylic acids is 2. The van der Waals surface area contributed by atoms with Crippen LogP contribution in [-0.4, -0.2) is 50.3 Å². The number of aromatic nitrogens is 3. The monoisotopic (exact) mass is 393 g/mol. The molecule has 152 valence electrons. The highest BCUT2D eigenvalue weighted by Gasteiger charge is 2.47. The fourth-order valence-corrected chi connectivity index (χ4v) is 5.34. The quantitative estimate of drug-likeness (QED) is 0.804. The molecular formula is C22H27N5O2. The molecule has 0 aliphatic carbocycles. The lowest BCUT2D eigenvalue weighted by molar-refractivity contribution is -0.140. The van der Waals surface area contributed by atoms with E-state index in [1.54, 1.807) is 22.1 Å². The molecule has 1 aromatic heterocycles. The van der Waals surface area contributed by atoms with Gasteiger partial charge in [0.2, 0.25) is 11.8 Å². The summed E-state index contributed by atoms with van der Waals surface area (Å²) in [5, 5.41) is 8.60. The van der Waals surface area contributed by atoms with E-state index in [2.05, 4.69) is 28.9 Å². The first kappa shape index (κ1) is 18.3. The van der Waals surface area contributed by atoms with Crippen molar-refractivity contribution in [2.75, 3.05) is 11.4 Å². The Balaban J connectivity index is 1.30. The third-order valence-electron chi connectivity index (χ3n) is 7.00. The zero-order chi connectivity index (χ0) is 20.1. The van der Waals surface area contributed by atoms with Crippen LogP contribution in [0.15, 0.2) is 30.6 Å². The lowest BCUT2D eigenvalue weighted by Crippen LogP contribution is -2.49. The fraction of sp³-hybridized carbons (Fsp3) is 0.545. The molecule has 2 amide bonds. The summed E-state index contributed by atoms with van der Waals surface area (Å²) in [6.45, 7) is 4.61. The highest BCUT2D eigenvalue weighted by atomic mass is 16.2. The highest BCUT2D eigenvalue weighted by Crippen LogP contribution is 2.42. The van der Waals surface area contributed by atoms with Gasteiger partial charge in [0.15, 0.2) is 0 Å². The molecule has 3 fully saturated rings. The number of aryl methyl sites for hydroxylation is 2. The molecule has 0 N–H and O–H groups in total. The maximum Gasteiger partial charge on any atom is 0.228 e. The summed E-state index contributed by atoms with van der Waals surface area (Å²) in [7, 11) is 0. The van der Waals surface area contributed by atoms with Crippen LogP contribution in [0.2, 0.25) is 0 Å². The van der Waals surface area contributed by atoms with Gasteiger partial charge in [-0.3, -0.25) is 9.59 Å². The molecule has 0 spiro atoms. The van der Waals surface area contributed by atoms with Crippen LogP contribution in [-0.2, 0) is 9.59 Å². The van der Waals surface area contributed by atoms with Gasteiger partial charge in [-0.15, -0.1) is 0 Å². The van der Waals surface area contributed by atoms with Crippen molar-refractivity contribution in [2.24, 2.45) is 5.92 Å². The predicted octanol–water partition coefficient (Wildman–Crippen LogP) is 2.64. The lowest BCUT2D eigenvalue weighted by Gasteiger charge is -2.39. The average molecular weight is 393 g/mol. The Morgan fingerprint density at radius 3 is 2.34 bits per heavy atom. The molecule has 7 nitrogen and oxygen atoms in total. The summed E-state index contributed by atoms with van der Waals surface area (Å²) in [6.07, 6.45) is 7.62. The third kappa shape index (κ3) is 3.12. The summed E-state index contributed by atoms with van der Waals surface area (Å²) >= 11 is 0. The molecule has 5 rings (SSSR count). The van der Waals surface area contributed by atoms with Crippen LogP contribution in [0.25, 0.3) is 0 Å². The van der Waals surface area contributed by atoms with Crippen LogP contribution in [0.5, 0.6) is 0 Å². The number of nitrogens with zero attached hydrogens (tertiary/aromatic N) is 5. The van der Waals surface area contributed by atoms with E-state index in [1.165, 1.54) is 5.56 Å². The van der Waals surface area contributed by atoms with Gasteiger partial charge in [0.05, 0.1) is 24.4 Å². The second kappa shape index (κ2) is 6.97. The number of hydrogen-bond donors (Lipinski definition) is 0. The summed E-state index contributed by atoms with van der Waals surface area (Å²) < 4.78 is 0. The molecule has 0 radical (unpaired) electrons. The van der Waals surface area contributed by atoms with Crippen LogP contribution in [0, 0.1) is 19.8 Å². The Labute approximate surface area is 170 Å². The highest BCUT2D eigenvalue weighted by molar-refractivity contribution is 6.00. The van der Waals surface area contributed by atoms with Gasteiger partial charge in [-0.1, -0.05) is 6.07 Å². The van der Waals surface area contributed by atoms with Crippen molar-refractivity contribution in [2.45, 2.75) is 64.1 Å². The smallest absolute Gasteiger partial charge is 0.228 e. The van der Waals surface area contributed by atoms with Crippen molar-refractivity contribution in [1.82, 2.24) is 19.9 Å². The second-order valence-corrected chi connectivity index (χ2v) is 8.78. The minimum absolute atomic E-state index is 0.0505. The number of piperidine rings is 1. The van der Waals surface area contributed by atoms with Crippen molar-refractivity contribution in [1.29, 1.82) is 0 Å². The van der Waals surface area contributed by atoms with Crippen LogP contribution >= 0.6 is 0 Å². The van der Waals surface area contributed by atoms with Gasteiger partial charge in [-0.2, -0.15) is 15.0 Å². The molecule has 3 saturated heterocycles. The number of rotatable bonds is 3. The average Bonchev–Trinajstić information content (AvgIpc) is 3.42. The summed E-state index contributed by atoms with van der Waals surface area (Å²) in [5.74, 6) is -0.0368. The second-order valence-electron chi connectivity index (χ2n) is 8.78. The Morgan fingerprint density at radius 2 is 1.69 bits per heavy atom. The van der Waals surface area contributed by atoms with Gasteiger partial charge in [-0.25, -0.2) is 0 Å². The Morgan fingerprint density at radius 1 is 1.00 bits per heavy atom. The number of anilines is 1. The van der Waals surface area contributed by atoms with Crippen LogP contribution in [0.4, 0.5) is 5.69 Å². The van der Waals surface area contributed by atoms with Crippen molar-refractivity contribution in [3.05, 3.63) is 41.7 Å². The number of amides is 2. The zero-order valence-electron chi connectivity index (χ0n) is 17.0. The van der Waals surface area contributed by atoms with Crippen LogP contribution in [0.3, 0.4) is 0 Å². The molecule has 1 aromatic carbocycles. The van der Waals surface area contributed by atoms with Crippen molar-refractivity contribution >= 4 is 17.5 Å². The molecule has 0 saturated carbocycles. The largest absolute Gasteiger partial charge is 0.336 e. The van der Waals surface area contributed by atoms with E-state index in [1.807, 2.05) is 18.2 Å². The van der Waals surface area contributed by atoms with Crippen LogP contribution < -0.4 is 4.90 Å². The summed E-state index contributed by atoms with van der Waals surface area (Å²) in [6, 6.07) is 6.82. The minimum atomic E-state index is -0.244. The molecule has 2 bridgehead atoms. The SMILES string of the molecule is Cc1ccc(N2CC(C(=O)N3C4CCC3CC(n3nccn3)C4)CC2=O)cc1C. The molecule has 3 aliphatic rings. The Hall–Kier alpha value is -2.70. The Bertz CT molecular complexity index is 927. The summed E-state index contributed by atoms with van der Waals surface area (Å²) in [5.41, 5.74) is 3.27. The number of carbonyl (C=O) groups is 2. The molecule has 7 heteroatoms.